The molecule has 0 saturated carbocycles. The van der Waals surface area contributed by atoms with Crippen LogP contribution < -0.4 is 5.73 Å². The number of thiazole rings is 2. The minimum Gasteiger partial charge on any atom is -0.335 e. The van der Waals surface area contributed by atoms with Crippen LogP contribution in [-0.2, 0) is 13.0 Å². The lowest BCUT2D eigenvalue weighted by atomic mass is 10.2. The maximum atomic E-state index is 12.5. The summed E-state index contributed by atoms with van der Waals surface area (Å²) >= 11 is 3.20. The minimum atomic E-state index is 0. The molecule has 26 heavy (non-hydrogen) atoms. The first-order chi connectivity index (χ1) is 11.2. The molecule has 0 radical (unpaired) electrons. The Morgan fingerprint density at radius 1 is 1.12 bits per heavy atom. The number of aromatic nitrogens is 2. The van der Waals surface area contributed by atoms with E-state index in [2.05, 4.69) is 20.2 Å². The van der Waals surface area contributed by atoms with Crippen LogP contribution in [0.15, 0.2) is 10.8 Å². The molecule has 3 rings (SSSR count). The van der Waals surface area contributed by atoms with Gasteiger partial charge in [0.15, 0.2) is 0 Å². The van der Waals surface area contributed by atoms with E-state index in [0.29, 0.717) is 12.2 Å². The number of halogens is 3. The molecule has 0 bridgehead atoms. The van der Waals surface area contributed by atoms with Crippen molar-refractivity contribution in [2.24, 2.45) is 5.73 Å². The van der Waals surface area contributed by atoms with E-state index < -0.39 is 0 Å². The average Bonchev–Trinajstić information content (AvgIpc) is 3.17. The van der Waals surface area contributed by atoms with Crippen LogP contribution in [0.3, 0.4) is 0 Å². The zero-order valence-corrected chi connectivity index (χ0v) is 18.5. The summed E-state index contributed by atoms with van der Waals surface area (Å²) in [4.78, 5) is 25.6. The molecule has 2 aromatic rings. The Labute approximate surface area is 180 Å². The molecule has 1 amide bonds. The summed E-state index contributed by atoms with van der Waals surface area (Å²) in [6.45, 7) is 6.69. The predicted octanol–water partition coefficient (Wildman–Crippen LogP) is 2.63. The molecular weight excluding hydrogens is 437 g/mol. The van der Waals surface area contributed by atoms with Crippen LogP contribution in [0.5, 0.6) is 0 Å². The average molecular weight is 461 g/mol. The zero-order chi connectivity index (χ0) is 16.2. The fraction of sp³-hybridized carbons (Fsp3) is 0.533. The van der Waals surface area contributed by atoms with Crippen molar-refractivity contribution in [1.82, 2.24) is 19.8 Å². The lowest BCUT2D eigenvalue weighted by molar-refractivity contribution is 0.0622. The zero-order valence-electron chi connectivity index (χ0n) is 14.4. The van der Waals surface area contributed by atoms with Crippen LogP contribution in [0.4, 0.5) is 0 Å². The van der Waals surface area contributed by atoms with Crippen LogP contribution >= 0.6 is 59.9 Å². The summed E-state index contributed by atoms with van der Waals surface area (Å²) < 4.78 is 0. The second-order valence-electron chi connectivity index (χ2n) is 5.59. The van der Waals surface area contributed by atoms with Gasteiger partial charge in [-0.25, -0.2) is 9.97 Å². The van der Waals surface area contributed by atoms with Gasteiger partial charge in [0.25, 0.3) is 5.91 Å². The molecule has 1 fully saturated rings. The van der Waals surface area contributed by atoms with E-state index in [4.69, 9.17) is 5.73 Å². The maximum Gasteiger partial charge on any atom is 0.273 e. The topological polar surface area (TPSA) is 75.4 Å². The number of hydrogen-bond acceptors (Lipinski definition) is 7. The van der Waals surface area contributed by atoms with Crippen molar-refractivity contribution in [3.63, 3.8) is 0 Å². The van der Waals surface area contributed by atoms with E-state index >= 15 is 0 Å². The van der Waals surface area contributed by atoms with E-state index in [0.717, 1.165) is 54.9 Å². The number of aryl methyl sites for hydroxylation is 1. The summed E-state index contributed by atoms with van der Waals surface area (Å²) in [5.41, 5.74) is 7.21. The van der Waals surface area contributed by atoms with Crippen molar-refractivity contribution in [3.05, 3.63) is 32.2 Å². The van der Waals surface area contributed by atoms with Crippen molar-refractivity contribution in [1.29, 1.82) is 0 Å². The highest BCUT2D eigenvalue weighted by Gasteiger charge is 2.24. The lowest BCUT2D eigenvalue weighted by Crippen LogP contribution is -2.48. The third kappa shape index (κ3) is 6.60. The molecule has 6 nitrogen and oxygen atoms in total. The van der Waals surface area contributed by atoms with Gasteiger partial charge in [0.05, 0.1) is 15.7 Å². The first-order valence-corrected chi connectivity index (χ1v) is 9.48. The van der Waals surface area contributed by atoms with E-state index in [1.807, 2.05) is 17.2 Å². The summed E-state index contributed by atoms with van der Waals surface area (Å²) in [5, 5.41) is 6.00. The van der Waals surface area contributed by atoms with Gasteiger partial charge in [-0.3, -0.25) is 9.69 Å². The predicted molar refractivity (Wildman–Crippen MR) is 115 cm³/mol. The fourth-order valence-electron chi connectivity index (χ4n) is 2.63. The van der Waals surface area contributed by atoms with Gasteiger partial charge in [0, 0.05) is 49.9 Å². The van der Waals surface area contributed by atoms with E-state index in [1.165, 1.54) is 11.3 Å². The van der Waals surface area contributed by atoms with Gasteiger partial charge in [-0.05, 0) is 13.5 Å². The Bertz CT molecular complexity index is 674. The van der Waals surface area contributed by atoms with Crippen LogP contribution in [0, 0.1) is 6.92 Å². The second kappa shape index (κ2) is 12.1. The van der Waals surface area contributed by atoms with Crippen molar-refractivity contribution in [2.45, 2.75) is 19.9 Å². The molecule has 3 heterocycles. The molecule has 11 heteroatoms. The quantitative estimate of drug-likeness (QED) is 0.742. The third-order valence-electron chi connectivity index (χ3n) is 3.84. The van der Waals surface area contributed by atoms with Crippen LogP contribution in [-0.4, -0.2) is 58.4 Å². The highest BCUT2D eigenvalue weighted by molar-refractivity contribution is 7.10. The first-order valence-electron chi connectivity index (χ1n) is 7.73. The number of nitrogens with zero attached hydrogens (tertiary/aromatic N) is 4. The summed E-state index contributed by atoms with van der Waals surface area (Å²) in [7, 11) is 0. The van der Waals surface area contributed by atoms with Gasteiger partial charge in [-0.1, -0.05) is 0 Å². The summed E-state index contributed by atoms with van der Waals surface area (Å²) in [6.07, 6.45) is 0.735. The molecule has 0 aliphatic carbocycles. The highest BCUT2D eigenvalue weighted by Crippen LogP contribution is 2.15. The van der Waals surface area contributed by atoms with Gasteiger partial charge >= 0.3 is 0 Å². The maximum absolute atomic E-state index is 12.5. The molecule has 2 aromatic heterocycles. The standard InChI is InChI=1S/C15H21N5OS2.3ClH/c1-11-17-12(9-22-11)8-19-4-6-20(7-5-19)15(21)13-10-23-14(18-13)2-3-16;;;/h9-10H,2-8,16H2,1H3;3*1H. The van der Waals surface area contributed by atoms with Crippen molar-refractivity contribution in [3.8, 4) is 0 Å². The number of rotatable bonds is 5. The SMILES string of the molecule is Cc1nc(CN2CCN(C(=O)c3csc(CCN)n3)CC2)cs1.Cl.Cl.Cl. The van der Waals surface area contributed by atoms with Gasteiger partial charge < -0.3 is 10.6 Å². The molecule has 1 saturated heterocycles. The Morgan fingerprint density at radius 3 is 2.38 bits per heavy atom. The van der Waals surface area contributed by atoms with Crippen LogP contribution in [0.25, 0.3) is 0 Å². The number of carbonyl (C=O) groups is 1. The van der Waals surface area contributed by atoms with Gasteiger partial charge in [-0.2, -0.15) is 0 Å². The molecule has 1 aliphatic heterocycles. The fourth-order valence-corrected chi connectivity index (χ4v) is 4.02. The van der Waals surface area contributed by atoms with E-state index in [-0.39, 0.29) is 43.1 Å². The molecule has 2 N–H and O–H groups in total. The molecule has 1 aliphatic rings. The number of carbonyl (C=O) groups excluding carboxylic acids is 1. The van der Waals surface area contributed by atoms with Gasteiger partial charge in [-0.15, -0.1) is 59.9 Å². The Balaban J connectivity index is 0.00000208. The molecule has 0 spiro atoms. The molecular formula is C15H24Cl3N5OS2. The lowest BCUT2D eigenvalue weighted by Gasteiger charge is -2.34. The van der Waals surface area contributed by atoms with Crippen LogP contribution in [0.2, 0.25) is 0 Å². The van der Waals surface area contributed by atoms with Crippen molar-refractivity contribution < 1.29 is 4.79 Å². The second-order valence-corrected chi connectivity index (χ2v) is 7.60. The minimum absolute atomic E-state index is 0. The normalized spacial score (nSPS) is 14.2. The monoisotopic (exact) mass is 459 g/mol. The number of piperazine rings is 1. The number of hydrogen-bond donors (Lipinski definition) is 1. The largest absolute Gasteiger partial charge is 0.335 e. The van der Waals surface area contributed by atoms with Crippen molar-refractivity contribution >= 4 is 65.8 Å². The van der Waals surface area contributed by atoms with Gasteiger partial charge in [0.1, 0.15) is 5.69 Å². The number of nitrogens with two attached hydrogens (primary N) is 1. The molecule has 0 aromatic carbocycles. The Morgan fingerprint density at radius 2 is 1.81 bits per heavy atom. The van der Waals surface area contributed by atoms with Crippen LogP contribution in [0.1, 0.15) is 26.2 Å². The third-order valence-corrected chi connectivity index (χ3v) is 5.57. The van der Waals surface area contributed by atoms with Gasteiger partial charge in [0.2, 0.25) is 0 Å². The summed E-state index contributed by atoms with van der Waals surface area (Å²) in [6, 6.07) is 0. The van der Waals surface area contributed by atoms with Crippen molar-refractivity contribution in [2.75, 3.05) is 32.7 Å². The number of amides is 1. The first kappa shape index (κ1) is 25.5. The highest BCUT2D eigenvalue weighted by atomic mass is 35.5. The van der Waals surface area contributed by atoms with E-state index in [1.54, 1.807) is 11.3 Å². The molecule has 0 atom stereocenters. The smallest absolute Gasteiger partial charge is 0.273 e. The molecule has 0 unspecified atom stereocenters. The Hall–Kier alpha value is -0.480. The van der Waals surface area contributed by atoms with E-state index in [9.17, 15) is 4.79 Å². The summed E-state index contributed by atoms with van der Waals surface area (Å²) in [5.74, 6) is 0.0358. The Kier molecular flexibility index (Phi) is 11.8. The molecule has 148 valence electrons.